The largest absolute Gasteiger partial charge is 0.413 e. The Morgan fingerprint density at radius 1 is 1.23 bits per heavy atom. The van der Waals surface area contributed by atoms with Crippen LogP contribution in [0.5, 0.6) is 0 Å². The summed E-state index contributed by atoms with van der Waals surface area (Å²) < 4.78 is 37.7. The molecule has 126 valence electrons. The van der Waals surface area contributed by atoms with E-state index in [2.05, 4.69) is 33.9 Å². The number of rotatable bonds is 6. The first-order valence-electron chi connectivity index (χ1n) is 7.55. The van der Waals surface area contributed by atoms with Gasteiger partial charge in [0.2, 0.25) is 7.37 Å². The van der Waals surface area contributed by atoms with E-state index in [-0.39, 0.29) is 5.04 Å². The van der Waals surface area contributed by atoms with Crippen molar-refractivity contribution in [2.45, 2.75) is 52.4 Å². The molecule has 0 aromatic heterocycles. The number of benzene rings is 1. The zero-order valence-corrected chi connectivity index (χ0v) is 16.6. The van der Waals surface area contributed by atoms with Gasteiger partial charge in [-0.2, -0.15) is 0 Å². The lowest BCUT2D eigenvalue weighted by Crippen LogP contribution is -2.40. The fraction of sp³-hybridized carbons (Fsp3) is 0.625. The minimum absolute atomic E-state index is 0.0918. The highest BCUT2D eigenvalue weighted by Gasteiger charge is 2.37. The van der Waals surface area contributed by atoms with Crippen LogP contribution in [0, 0.1) is 5.82 Å². The van der Waals surface area contributed by atoms with Crippen molar-refractivity contribution >= 4 is 21.0 Å². The molecule has 6 heteroatoms. The van der Waals surface area contributed by atoms with Crippen molar-refractivity contribution < 1.29 is 17.9 Å². The molecule has 0 aliphatic rings. The molecule has 0 fully saturated rings. The SMILES string of the molecule is CCOP(C)(=O)c1cc(F)cc(CO[Si](C)(C)C(C)(C)C)c1. The normalized spacial score (nSPS) is 15.6. The summed E-state index contributed by atoms with van der Waals surface area (Å²) in [6, 6.07) is 4.45. The zero-order chi connectivity index (χ0) is 17.2. The summed E-state index contributed by atoms with van der Waals surface area (Å²) in [6.45, 7) is 14.7. The summed E-state index contributed by atoms with van der Waals surface area (Å²) in [5.41, 5.74) is 0.696. The summed E-state index contributed by atoms with van der Waals surface area (Å²) in [5.74, 6) is -0.409. The first kappa shape index (κ1) is 19.6. The predicted octanol–water partition coefficient (Wildman–Crippen LogP) is 4.92. The Bertz CT molecular complexity index is 567. The Labute approximate surface area is 134 Å². The van der Waals surface area contributed by atoms with Crippen molar-refractivity contribution in [3.8, 4) is 0 Å². The second-order valence-electron chi connectivity index (χ2n) is 7.13. The van der Waals surface area contributed by atoms with E-state index in [0.29, 0.717) is 24.1 Å². The quantitative estimate of drug-likeness (QED) is 0.542. The molecule has 1 aromatic carbocycles. The molecule has 1 atom stereocenters. The first-order valence-corrected chi connectivity index (χ1v) is 12.5. The van der Waals surface area contributed by atoms with Crippen LogP contribution < -0.4 is 5.30 Å². The molecule has 0 heterocycles. The summed E-state index contributed by atoms with van der Waals surface area (Å²) in [7, 11) is -4.89. The fourth-order valence-electron chi connectivity index (χ4n) is 1.75. The third-order valence-corrected chi connectivity index (χ3v) is 10.6. The summed E-state index contributed by atoms with van der Waals surface area (Å²) in [6.07, 6.45) is 0. The molecular weight excluding hydrogens is 318 g/mol. The van der Waals surface area contributed by atoms with Crippen LogP contribution in [0.4, 0.5) is 4.39 Å². The standard InChI is InChI=1S/C16H28FO3PSi/c1-8-19-21(5,18)15-10-13(9-14(17)11-15)12-20-22(6,7)16(2,3)4/h9-11H,8,12H2,1-7H3. The highest BCUT2D eigenvalue weighted by molar-refractivity contribution is 7.66. The van der Waals surface area contributed by atoms with Gasteiger partial charge in [-0.15, -0.1) is 0 Å². The van der Waals surface area contributed by atoms with Crippen molar-refractivity contribution in [3.63, 3.8) is 0 Å². The third kappa shape index (κ3) is 5.02. The molecule has 22 heavy (non-hydrogen) atoms. The lowest BCUT2D eigenvalue weighted by Gasteiger charge is -2.36. The van der Waals surface area contributed by atoms with Gasteiger partial charge < -0.3 is 8.95 Å². The first-order chi connectivity index (χ1) is 9.89. The topological polar surface area (TPSA) is 35.5 Å². The maximum Gasteiger partial charge on any atom is 0.229 e. The molecule has 0 aliphatic carbocycles. The third-order valence-electron chi connectivity index (χ3n) is 4.19. The van der Waals surface area contributed by atoms with Crippen LogP contribution in [0.15, 0.2) is 18.2 Å². The van der Waals surface area contributed by atoms with Crippen LogP contribution in [0.2, 0.25) is 18.1 Å². The van der Waals surface area contributed by atoms with Crippen molar-refractivity contribution in [1.29, 1.82) is 0 Å². The van der Waals surface area contributed by atoms with Gasteiger partial charge in [0.05, 0.1) is 13.2 Å². The number of hydrogen-bond acceptors (Lipinski definition) is 3. The van der Waals surface area contributed by atoms with Crippen LogP contribution in [0.1, 0.15) is 33.3 Å². The van der Waals surface area contributed by atoms with Gasteiger partial charge >= 0.3 is 0 Å². The second kappa shape index (κ2) is 6.96. The fourth-order valence-corrected chi connectivity index (χ4v) is 4.11. The summed E-state index contributed by atoms with van der Waals surface area (Å²) in [4.78, 5) is 0. The smallest absolute Gasteiger partial charge is 0.229 e. The van der Waals surface area contributed by atoms with Crippen molar-refractivity contribution in [2.24, 2.45) is 0 Å². The van der Waals surface area contributed by atoms with Crippen LogP contribution in [-0.4, -0.2) is 21.6 Å². The molecule has 0 saturated carbocycles. The number of halogens is 1. The maximum absolute atomic E-state index is 13.8. The highest BCUT2D eigenvalue weighted by Crippen LogP contribution is 2.41. The Kier molecular flexibility index (Phi) is 6.19. The monoisotopic (exact) mass is 346 g/mol. The Balaban J connectivity index is 2.99. The Morgan fingerprint density at radius 2 is 1.82 bits per heavy atom. The van der Waals surface area contributed by atoms with Gasteiger partial charge in [-0.25, -0.2) is 4.39 Å². The van der Waals surface area contributed by atoms with E-state index in [1.165, 1.54) is 18.8 Å². The predicted molar refractivity (Wildman–Crippen MR) is 93.2 cm³/mol. The molecule has 3 nitrogen and oxygen atoms in total. The van der Waals surface area contributed by atoms with Gasteiger partial charge in [0.15, 0.2) is 8.32 Å². The number of hydrogen-bond donors (Lipinski definition) is 0. The zero-order valence-electron chi connectivity index (χ0n) is 14.7. The second-order valence-corrected chi connectivity index (χ2v) is 14.4. The maximum atomic E-state index is 13.8. The Hall–Kier alpha value is -0.483. The lowest BCUT2D eigenvalue weighted by atomic mass is 10.2. The molecule has 0 aliphatic heterocycles. The average molecular weight is 346 g/mol. The van der Waals surface area contributed by atoms with E-state index < -0.39 is 21.5 Å². The molecular formula is C16H28FO3PSi. The van der Waals surface area contributed by atoms with Gasteiger partial charge in [0, 0.05) is 12.0 Å². The van der Waals surface area contributed by atoms with Crippen LogP contribution in [-0.2, 0) is 20.1 Å². The minimum Gasteiger partial charge on any atom is -0.413 e. The molecule has 0 saturated heterocycles. The highest BCUT2D eigenvalue weighted by atomic mass is 31.2. The minimum atomic E-state index is -2.98. The summed E-state index contributed by atoms with van der Waals surface area (Å²) >= 11 is 0. The van der Waals surface area contributed by atoms with Crippen LogP contribution >= 0.6 is 7.37 Å². The van der Waals surface area contributed by atoms with Crippen molar-refractivity contribution in [2.75, 3.05) is 13.3 Å². The van der Waals surface area contributed by atoms with Gasteiger partial charge in [-0.3, -0.25) is 4.57 Å². The van der Waals surface area contributed by atoms with Crippen molar-refractivity contribution in [1.82, 2.24) is 0 Å². The van der Waals surface area contributed by atoms with E-state index in [0.717, 1.165) is 0 Å². The molecule has 0 spiro atoms. The van der Waals surface area contributed by atoms with E-state index in [1.807, 2.05) is 0 Å². The van der Waals surface area contributed by atoms with E-state index >= 15 is 0 Å². The molecule has 0 radical (unpaired) electrons. The van der Waals surface area contributed by atoms with E-state index in [9.17, 15) is 8.96 Å². The summed E-state index contributed by atoms with van der Waals surface area (Å²) in [5, 5.41) is 0.498. The lowest BCUT2D eigenvalue weighted by molar-refractivity contribution is 0.276. The molecule has 0 N–H and O–H groups in total. The van der Waals surface area contributed by atoms with Crippen LogP contribution in [0.25, 0.3) is 0 Å². The molecule has 0 bridgehead atoms. The van der Waals surface area contributed by atoms with Gasteiger partial charge in [0.1, 0.15) is 5.82 Å². The van der Waals surface area contributed by atoms with Gasteiger partial charge in [0.25, 0.3) is 0 Å². The van der Waals surface area contributed by atoms with Crippen LogP contribution in [0.3, 0.4) is 0 Å². The molecule has 1 unspecified atom stereocenters. The average Bonchev–Trinajstić information content (AvgIpc) is 2.34. The van der Waals surface area contributed by atoms with Gasteiger partial charge in [-0.05, 0) is 48.8 Å². The molecule has 1 aromatic rings. The Morgan fingerprint density at radius 3 is 2.32 bits per heavy atom. The van der Waals surface area contributed by atoms with E-state index in [1.54, 1.807) is 13.0 Å². The van der Waals surface area contributed by atoms with Crippen molar-refractivity contribution in [3.05, 3.63) is 29.6 Å². The molecule has 1 rings (SSSR count). The van der Waals surface area contributed by atoms with Gasteiger partial charge in [-0.1, -0.05) is 20.8 Å². The van der Waals surface area contributed by atoms with E-state index in [4.69, 9.17) is 8.95 Å². The molecule has 0 amide bonds.